The van der Waals surface area contributed by atoms with Gasteiger partial charge in [-0.3, -0.25) is 33.3 Å². The van der Waals surface area contributed by atoms with Gasteiger partial charge in [-0.25, -0.2) is 4.98 Å². The molecule has 3 heterocycles. The van der Waals surface area contributed by atoms with E-state index in [4.69, 9.17) is 37.7 Å². The molecule has 2 N–H and O–H groups in total. The van der Waals surface area contributed by atoms with E-state index in [0.717, 1.165) is 47.8 Å². The van der Waals surface area contributed by atoms with Crippen LogP contribution in [-0.2, 0) is 61.7 Å². The van der Waals surface area contributed by atoms with Crippen LogP contribution in [0.5, 0.6) is 11.5 Å². The molecule has 5 aromatic rings. The van der Waals surface area contributed by atoms with Crippen molar-refractivity contribution < 1.29 is 37.8 Å². The molecule has 0 bridgehead atoms. The molecule has 0 unspecified atom stereocenters. The van der Waals surface area contributed by atoms with Crippen molar-refractivity contribution in [3.05, 3.63) is 136 Å². The number of ether oxygens (including phenoxy) is 2. The van der Waals surface area contributed by atoms with Crippen LogP contribution in [0.15, 0.2) is 103 Å². The molecule has 4 aromatic carbocycles. The summed E-state index contributed by atoms with van der Waals surface area (Å²) in [5.74, 6) is -1.80. The summed E-state index contributed by atoms with van der Waals surface area (Å²) in [7, 11) is 6.51. The van der Waals surface area contributed by atoms with E-state index in [1.807, 2.05) is 67.8 Å². The fraction of sp³-hybridized carbons (Fsp3) is 0.429. The first-order valence-corrected chi connectivity index (χ1v) is 25.9. The minimum absolute atomic E-state index is 0.0843. The van der Waals surface area contributed by atoms with Crippen LogP contribution in [0.1, 0.15) is 61.5 Å². The molecule has 7 rings (SSSR count). The number of likely N-dealkylation sites (tertiary alicyclic amines) is 1. The minimum atomic E-state index is -1.23. The van der Waals surface area contributed by atoms with E-state index in [2.05, 4.69) is 20.1 Å². The molecule has 0 aliphatic carbocycles. The first-order valence-electron chi connectivity index (χ1n) is 25.1. The number of nitrogens with zero attached hydrogens (tertiary/aromatic N) is 6. The number of likely N-dealkylation sites (N-methyl/N-ethyl adjacent to an activating group) is 2. The lowest BCUT2D eigenvalue weighted by atomic mass is 9.93. The Bertz CT molecular complexity index is 2700. The number of hydrogen-bond donors (Lipinski definition) is 2. The molecule has 15 nitrogen and oxygen atoms in total. The zero-order chi connectivity index (χ0) is 52.9. The number of amides is 5. The van der Waals surface area contributed by atoms with Crippen LogP contribution in [-0.4, -0.2) is 137 Å². The fourth-order valence-corrected chi connectivity index (χ4v) is 9.95. The highest BCUT2D eigenvalue weighted by Crippen LogP contribution is 2.33. The van der Waals surface area contributed by atoms with Gasteiger partial charge in [-0.15, -0.1) is 0 Å². The third-order valence-corrected chi connectivity index (χ3v) is 14.7. The Balaban J connectivity index is 1.22. The van der Waals surface area contributed by atoms with Gasteiger partial charge in [0.1, 0.15) is 29.4 Å². The molecule has 0 radical (unpaired) electrons. The Labute approximate surface area is 443 Å². The summed E-state index contributed by atoms with van der Waals surface area (Å²) >= 11 is 12.8. The van der Waals surface area contributed by atoms with Crippen molar-refractivity contribution in [2.45, 2.75) is 89.1 Å². The van der Waals surface area contributed by atoms with Gasteiger partial charge in [-0.05, 0) is 112 Å². The molecule has 2 saturated heterocycles. The lowest BCUT2D eigenvalue weighted by Crippen LogP contribution is -2.57. The molecule has 2 aliphatic heterocycles. The maximum atomic E-state index is 15.1. The second-order valence-corrected chi connectivity index (χ2v) is 20.2. The van der Waals surface area contributed by atoms with Crippen molar-refractivity contribution >= 4 is 52.7 Å². The number of carbonyl (C=O) groups is 5. The average molecular weight is 1050 g/mol. The summed E-state index contributed by atoms with van der Waals surface area (Å²) in [6.45, 7) is 3.21. The van der Waals surface area contributed by atoms with Crippen molar-refractivity contribution in [1.29, 1.82) is 0 Å². The molecule has 0 saturated carbocycles. The van der Waals surface area contributed by atoms with Crippen LogP contribution in [0.25, 0.3) is 11.3 Å². The van der Waals surface area contributed by atoms with Crippen molar-refractivity contribution in [2.75, 3.05) is 54.1 Å². The van der Waals surface area contributed by atoms with Gasteiger partial charge in [0.25, 0.3) is 0 Å². The molecule has 74 heavy (non-hydrogen) atoms. The molecule has 1 aromatic heterocycles. The molecule has 18 heteroatoms. The summed E-state index contributed by atoms with van der Waals surface area (Å²) in [6.07, 6.45) is 4.06. The second kappa shape index (κ2) is 26.2. The number of alkyl halides is 1. The molecule has 2 fully saturated rings. The average Bonchev–Trinajstić information content (AvgIpc) is 4.05. The lowest BCUT2D eigenvalue weighted by molar-refractivity contribution is -0.147. The largest absolute Gasteiger partial charge is 0.457 e. The molecule has 5 amide bonds. The topological polar surface area (TPSA) is 159 Å². The van der Waals surface area contributed by atoms with Gasteiger partial charge in [0.15, 0.2) is 0 Å². The number of rotatable bonds is 15. The van der Waals surface area contributed by atoms with E-state index in [-0.39, 0.29) is 51.8 Å². The van der Waals surface area contributed by atoms with E-state index in [9.17, 15) is 23.6 Å². The number of carbonyl (C=O) groups excluding carboxylic acids is 5. The predicted octanol–water partition coefficient (Wildman–Crippen LogP) is 7.66. The highest BCUT2D eigenvalue weighted by Gasteiger charge is 2.37. The predicted molar refractivity (Wildman–Crippen MR) is 283 cm³/mol. The summed E-state index contributed by atoms with van der Waals surface area (Å²) in [5.41, 5.74) is 3.98. The summed E-state index contributed by atoms with van der Waals surface area (Å²) in [6, 6.07) is 24.9. The van der Waals surface area contributed by atoms with Gasteiger partial charge in [0.2, 0.25) is 29.5 Å². The number of halogens is 3. The molecule has 0 spiro atoms. The highest BCUT2D eigenvalue weighted by molar-refractivity contribution is 6.31. The monoisotopic (exact) mass is 1050 g/mol. The molecular formula is C56H67Cl2FN8O7. The molecule has 394 valence electrons. The maximum Gasteiger partial charge on any atom is 0.247 e. The summed E-state index contributed by atoms with van der Waals surface area (Å²) < 4.78 is 28.4. The number of imidazole rings is 1. The standard InChI is InChI=1S/C56H67Cl2FN8O7/c1-37-54(70)62-48(36-73-5)56(72)64(3)46(28-39-13-18-43(57)19-14-39)31-52(68)61-32-45(23-24-59)63(2)55(71)42(27-38-11-7-6-8-12-38)29-53(69)67(37)34-41-15-20-44(58)30-50(41)74-47-21-16-40(17-22-47)49-33-60-51(65(49)4)35-66-25-9-10-26-66/h6-8,11-22,30,33,37,42,45-46,48H,9-10,23-29,31-32,34-36H2,1-5H3,(H,61,68)(H,62,70)/t37-,42+,45-,46-,48-/m0/s1. The number of nitrogens with one attached hydrogen (secondary N) is 2. The van der Waals surface area contributed by atoms with Gasteiger partial charge in [-0.2, -0.15) is 0 Å². The number of methoxy groups -OCH3 is 1. The van der Waals surface area contributed by atoms with E-state index < -0.39 is 66.3 Å². The molecule has 5 atom stereocenters. The SMILES string of the molecule is COC[C@@H]1NC(=O)[C@H](C)N(Cc2ccc(Cl)cc2Oc2ccc(-c3cnc(CN4CCCC4)n3C)cc2)C(=O)C[C@@H](Cc2ccccc2)C(=O)N(C)[C@@H](CCF)CNC(=O)C[C@H](Cc2ccc(Cl)cc2)N(C)C1=O. The minimum Gasteiger partial charge on any atom is -0.457 e. The van der Waals surface area contributed by atoms with Gasteiger partial charge in [0, 0.05) is 74.9 Å². The fourth-order valence-electron chi connectivity index (χ4n) is 9.66. The second-order valence-electron chi connectivity index (χ2n) is 19.3. The van der Waals surface area contributed by atoms with Gasteiger partial charge in [-0.1, -0.05) is 71.7 Å². The Morgan fingerprint density at radius 2 is 1.45 bits per heavy atom. The van der Waals surface area contributed by atoms with E-state index in [0.29, 0.717) is 27.1 Å². The third kappa shape index (κ3) is 14.5. The van der Waals surface area contributed by atoms with Crippen molar-refractivity contribution in [3.63, 3.8) is 0 Å². The quantitative estimate of drug-likeness (QED) is 0.107. The lowest BCUT2D eigenvalue weighted by Gasteiger charge is -2.35. The molecular weight excluding hydrogens is 987 g/mol. The normalized spacial score (nSPS) is 21.1. The highest BCUT2D eigenvalue weighted by atomic mass is 35.5. The van der Waals surface area contributed by atoms with Crippen molar-refractivity contribution in [2.24, 2.45) is 13.0 Å². The van der Waals surface area contributed by atoms with Crippen molar-refractivity contribution in [1.82, 2.24) is 39.8 Å². The van der Waals surface area contributed by atoms with Gasteiger partial charge in [0.05, 0.1) is 50.2 Å². The zero-order valence-electron chi connectivity index (χ0n) is 42.8. The van der Waals surface area contributed by atoms with E-state index in [1.54, 1.807) is 63.5 Å². The first kappa shape index (κ1) is 55.4. The summed E-state index contributed by atoms with van der Waals surface area (Å²) in [5, 5.41) is 6.61. The third-order valence-electron chi connectivity index (χ3n) is 14.2. The van der Waals surface area contributed by atoms with E-state index in [1.165, 1.54) is 34.7 Å². The van der Waals surface area contributed by atoms with Gasteiger partial charge < -0.3 is 39.4 Å². The van der Waals surface area contributed by atoms with Gasteiger partial charge >= 0.3 is 0 Å². The maximum absolute atomic E-state index is 15.1. The zero-order valence-corrected chi connectivity index (χ0v) is 44.3. The van der Waals surface area contributed by atoms with Crippen LogP contribution >= 0.6 is 23.2 Å². The smallest absolute Gasteiger partial charge is 0.247 e. The van der Waals surface area contributed by atoms with Crippen LogP contribution < -0.4 is 15.4 Å². The van der Waals surface area contributed by atoms with Crippen LogP contribution in [0, 0.1) is 5.92 Å². The number of hydrogen-bond acceptors (Lipinski definition) is 9. The Morgan fingerprint density at radius 1 is 0.770 bits per heavy atom. The van der Waals surface area contributed by atoms with Crippen LogP contribution in [0.4, 0.5) is 4.39 Å². The Morgan fingerprint density at radius 3 is 2.14 bits per heavy atom. The van der Waals surface area contributed by atoms with Crippen molar-refractivity contribution in [3.8, 4) is 22.8 Å². The van der Waals surface area contributed by atoms with Crippen LogP contribution in [0.3, 0.4) is 0 Å². The first-order chi connectivity index (χ1) is 35.6. The number of aromatic nitrogens is 2. The Kier molecular flexibility index (Phi) is 19.7. The van der Waals surface area contributed by atoms with E-state index >= 15 is 4.79 Å². The summed E-state index contributed by atoms with van der Waals surface area (Å²) in [4.78, 5) is 84.2. The Hall–Kier alpha value is -6.33. The van der Waals surface area contributed by atoms with Crippen LogP contribution in [0.2, 0.25) is 10.0 Å². The number of benzene rings is 4. The molecule has 2 aliphatic rings.